The Bertz CT molecular complexity index is 1040. The van der Waals surface area contributed by atoms with E-state index < -0.39 is 0 Å². The van der Waals surface area contributed by atoms with Crippen LogP contribution < -0.4 is 16.0 Å². The second-order valence-corrected chi connectivity index (χ2v) is 8.86. The number of aromatic nitrogens is 1. The fraction of sp³-hybridized carbons (Fsp3) is 0.304. The Kier molecular flexibility index (Phi) is 6.65. The van der Waals surface area contributed by atoms with Crippen molar-refractivity contribution in [3.05, 3.63) is 59.8 Å². The summed E-state index contributed by atoms with van der Waals surface area (Å²) in [5.41, 5.74) is 2.80. The number of thioether (sulfide) groups is 1. The van der Waals surface area contributed by atoms with Crippen molar-refractivity contribution >= 4 is 51.7 Å². The molecule has 5 nitrogen and oxygen atoms in total. The lowest BCUT2D eigenvalue weighted by molar-refractivity contribution is 0.243. The zero-order valence-electron chi connectivity index (χ0n) is 16.8. The lowest BCUT2D eigenvalue weighted by Gasteiger charge is -2.30. The minimum atomic E-state index is -0.137. The minimum Gasteiger partial charge on any atom is -0.382 e. The van der Waals surface area contributed by atoms with Gasteiger partial charge in [0.1, 0.15) is 0 Å². The van der Waals surface area contributed by atoms with E-state index >= 15 is 0 Å². The van der Waals surface area contributed by atoms with Gasteiger partial charge in [-0.25, -0.2) is 4.79 Å². The van der Waals surface area contributed by atoms with Gasteiger partial charge in [0.15, 0.2) is 0 Å². The summed E-state index contributed by atoms with van der Waals surface area (Å²) in [5.74, 6) is 0. The van der Waals surface area contributed by atoms with Gasteiger partial charge in [0, 0.05) is 45.0 Å². The van der Waals surface area contributed by atoms with Crippen LogP contribution in [0, 0.1) is 0 Å². The maximum absolute atomic E-state index is 12.4. The molecule has 0 spiro atoms. The van der Waals surface area contributed by atoms with Gasteiger partial charge in [-0.05, 0) is 74.4 Å². The third-order valence-corrected chi connectivity index (χ3v) is 6.41. The number of nitrogens with zero attached hydrogens (tertiary/aromatic N) is 1. The van der Waals surface area contributed by atoms with E-state index in [1.165, 1.54) is 0 Å². The van der Waals surface area contributed by atoms with Gasteiger partial charge in [-0.1, -0.05) is 17.7 Å². The Hall–Kier alpha value is -2.44. The fourth-order valence-electron chi connectivity index (χ4n) is 3.90. The molecule has 1 fully saturated rings. The molecular weight excluding hydrogens is 416 g/mol. The van der Waals surface area contributed by atoms with Gasteiger partial charge in [0.05, 0.1) is 5.52 Å². The first-order chi connectivity index (χ1) is 14.6. The molecule has 0 unspecified atom stereocenters. The highest BCUT2D eigenvalue weighted by molar-refractivity contribution is 7.98. The number of halogens is 1. The summed E-state index contributed by atoms with van der Waals surface area (Å²) in [6.07, 6.45) is 7.74. The lowest BCUT2D eigenvalue weighted by atomic mass is 9.91. The summed E-state index contributed by atoms with van der Waals surface area (Å²) in [6, 6.07) is 16.1. The largest absolute Gasteiger partial charge is 0.382 e. The van der Waals surface area contributed by atoms with Crippen LogP contribution in [0.1, 0.15) is 25.7 Å². The maximum Gasteiger partial charge on any atom is 0.319 e. The molecule has 0 bridgehead atoms. The van der Waals surface area contributed by atoms with E-state index in [0.717, 1.165) is 52.9 Å². The Balaban J connectivity index is 1.29. The van der Waals surface area contributed by atoms with Crippen LogP contribution in [0.15, 0.2) is 59.6 Å². The molecule has 1 saturated carbocycles. The van der Waals surface area contributed by atoms with Crippen LogP contribution in [0.25, 0.3) is 10.9 Å². The molecule has 3 N–H and O–H groups in total. The second-order valence-electron chi connectivity index (χ2n) is 7.54. The van der Waals surface area contributed by atoms with Crippen molar-refractivity contribution in [3.63, 3.8) is 0 Å². The zero-order chi connectivity index (χ0) is 20.9. The molecule has 0 atom stereocenters. The van der Waals surface area contributed by atoms with E-state index in [9.17, 15) is 4.79 Å². The molecule has 2 amide bonds. The van der Waals surface area contributed by atoms with Gasteiger partial charge >= 0.3 is 6.03 Å². The first-order valence-electron chi connectivity index (χ1n) is 10.1. The summed E-state index contributed by atoms with van der Waals surface area (Å²) in [6.45, 7) is 0. The average molecular weight is 441 g/mol. The molecule has 156 valence electrons. The number of nitrogens with one attached hydrogen (secondary N) is 3. The number of hydrogen-bond donors (Lipinski definition) is 3. The van der Waals surface area contributed by atoms with Crippen LogP contribution in [0.3, 0.4) is 0 Å². The normalized spacial score (nSPS) is 18.7. The van der Waals surface area contributed by atoms with Crippen LogP contribution in [0.4, 0.5) is 16.2 Å². The standard InChI is InChI=1S/C23H25ClN4OS/c1-30-19-4-2-3-18(14-19)28-23(29)27-17-8-6-16(7-9-17)26-21-11-12-25-22-13-15(24)5-10-20(21)22/h2-5,10-14,16-17H,6-9H2,1H3,(H,25,26)(H2,27,28,29). The predicted molar refractivity (Wildman–Crippen MR) is 127 cm³/mol. The summed E-state index contributed by atoms with van der Waals surface area (Å²) < 4.78 is 0. The Morgan fingerprint density at radius 2 is 1.87 bits per heavy atom. The number of anilines is 2. The highest BCUT2D eigenvalue weighted by Crippen LogP contribution is 2.28. The number of carbonyl (C=O) groups is 1. The fourth-order valence-corrected chi connectivity index (χ4v) is 4.53. The number of hydrogen-bond acceptors (Lipinski definition) is 4. The molecule has 7 heteroatoms. The van der Waals surface area contributed by atoms with E-state index in [2.05, 4.69) is 20.9 Å². The number of rotatable bonds is 5. The molecule has 2 aromatic carbocycles. The van der Waals surface area contributed by atoms with Gasteiger partial charge in [0.2, 0.25) is 0 Å². The smallest absolute Gasteiger partial charge is 0.319 e. The summed E-state index contributed by atoms with van der Waals surface area (Å²) in [4.78, 5) is 17.9. The highest BCUT2D eigenvalue weighted by atomic mass is 35.5. The van der Waals surface area contributed by atoms with Crippen molar-refractivity contribution < 1.29 is 4.79 Å². The Labute approximate surface area is 186 Å². The number of fused-ring (bicyclic) bond motifs is 1. The molecule has 1 aromatic heterocycles. The van der Waals surface area contributed by atoms with Gasteiger partial charge in [-0.3, -0.25) is 4.98 Å². The first-order valence-corrected chi connectivity index (χ1v) is 11.7. The zero-order valence-corrected chi connectivity index (χ0v) is 18.4. The minimum absolute atomic E-state index is 0.137. The number of amides is 2. The van der Waals surface area contributed by atoms with Crippen molar-refractivity contribution in [3.8, 4) is 0 Å². The molecule has 1 aliphatic rings. The molecule has 30 heavy (non-hydrogen) atoms. The number of pyridine rings is 1. The third kappa shape index (κ3) is 5.18. The maximum atomic E-state index is 12.4. The van der Waals surface area contributed by atoms with Crippen LogP contribution in [-0.4, -0.2) is 29.4 Å². The topological polar surface area (TPSA) is 66.1 Å². The van der Waals surface area contributed by atoms with E-state index in [0.29, 0.717) is 11.1 Å². The van der Waals surface area contributed by atoms with Crippen LogP contribution in [-0.2, 0) is 0 Å². The number of urea groups is 1. The Morgan fingerprint density at radius 1 is 1.07 bits per heavy atom. The van der Waals surface area contributed by atoms with Gasteiger partial charge in [0.25, 0.3) is 0 Å². The number of carbonyl (C=O) groups excluding carboxylic acids is 1. The second kappa shape index (κ2) is 9.58. The van der Waals surface area contributed by atoms with Crippen molar-refractivity contribution in [2.24, 2.45) is 0 Å². The summed E-state index contributed by atoms with van der Waals surface area (Å²) in [5, 5.41) is 11.5. The molecule has 0 radical (unpaired) electrons. The van der Waals surface area contributed by atoms with Crippen molar-refractivity contribution in [2.45, 2.75) is 42.7 Å². The van der Waals surface area contributed by atoms with E-state index in [1.54, 1.807) is 11.8 Å². The van der Waals surface area contributed by atoms with Gasteiger partial charge in [-0.2, -0.15) is 0 Å². The van der Waals surface area contributed by atoms with Crippen molar-refractivity contribution in [1.29, 1.82) is 0 Å². The van der Waals surface area contributed by atoms with Crippen LogP contribution in [0.5, 0.6) is 0 Å². The van der Waals surface area contributed by atoms with E-state index in [1.807, 2.05) is 61.0 Å². The van der Waals surface area contributed by atoms with Crippen molar-refractivity contribution in [2.75, 3.05) is 16.9 Å². The lowest BCUT2D eigenvalue weighted by Crippen LogP contribution is -2.42. The molecular formula is C23H25ClN4OS. The van der Waals surface area contributed by atoms with Gasteiger partial charge in [-0.15, -0.1) is 11.8 Å². The van der Waals surface area contributed by atoms with Gasteiger partial charge < -0.3 is 16.0 Å². The van der Waals surface area contributed by atoms with Crippen molar-refractivity contribution in [1.82, 2.24) is 10.3 Å². The molecule has 1 aliphatic carbocycles. The van der Waals surface area contributed by atoms with E-state index in [-0.39, 0.29) is 12.1 Å². The third-order valence-electron chi connectivity index (χ3n) is 5.45. The summed E-state index contributed by atoms with van der Waals surface area (Å²) in [7, 11) is 0. The molecule has 0 aliphatic heterocycles. The summed E-state index contributed by atoms with van der Waals surface area (Å²) >= 11 is 7.74. The molecule has 4 rings (SSSR count). The predicted octanol–water partition coefficient (Wildman–Crippen LogP) is 6.15. The van der Waals surface area contributed by atoms with Crippen LogP contribution >= 0.6 is 23.4 Å². The van der Waals surface area contributed by atoms with E-state index in [4.69, 9.17) is 11.6 Å². The quantitative estimate of drug-likeness (QED) is 0.416. The average Bonchev–Trinajstić information content (AvgIpc) is 2.75. The SMILES string of the molecule is CSc1cccc(NC(=O)NC2CCC(Nc3ccnc4cc(Cl)ccc34)CC2)c1. The Morgan fingerprint density at radius 3 is 2.67 bits per heavy atom. The van der Waals surface area contributed by atoms with Crippen LogP contribution in [0.2, 0.25) is 5.02 Å². The molecule has 0 saturated heterocycles. The number of benzene rings is 2. The molecule has 1 heterocycles. The first kappa shape index (κ1) is 20.8. The molecule has 3 aromatic rings. The monoisotopic (exact) mass is 440 g/mol. The highest BCUT2D eigenvalue weighted by Gasteiger charge is 2.23.